The average Bonchev–Trinajstić information content (AvgIpc) is 2.03. The fraction of sp³-hybridized carbons (Fsp3) is 0.125. The molecule has 0 heterocycles. The molecule has 0 atom stereocenters. The van der Waals surface area contributed by atoms with Crippen molar-refractivity contribution < 1.29 is 23.4 Å². The van der Waals surface area contributed by atoms with Crippen molar-refractivity contribution in [1.82, 2.24) is 0 Å². The summed E-state index contributed by atoms with van der Waals surface area (Å²) in [4.78, 5) is 10.4. The molecule has 5 heteroatoms. The molecule has 0 amide bonds. The van der Waals surface area contributed by atoms with Gasteiger partial charge in [-0.1, -0.05) is 6.07 Å². The number of hydrogen-bond donors (Lipinski definition) is 1. The van der Waals surface area contributed by atoms with E-state index in [-0.39, 0.29) is 11.3 Å². The maximum absolute atomic E-state index is 11.7. The molecular formula is C8H6F2O3. The Bertz CT molecular complexity index is 312. The second-order valence-electron chi connectivity index (χ2n) is 2.21. The van der Waals surface area contributed by atoms with Crippen LogP contribution in [0.4, 0.5) is 8.78 Å². The summed E-state index contributed by atoms with van der Waals surface area (Å²) < 4.78 is 27.4. The smallest absolute Gasteiger partial charge is 0.387 e. The average molecular weight is 188 g/mol. The summed E-state index contributed by atoms with van der Waals surface area (Å²) in [5.41, 5.74) is -0.0850. The molecule has 3 nitrogen and oxygen atoms in total. The Hall–Kier alpha value is -1.65. The van der Waals surface area contributed by atoms with Crippen molar-refractivity contribution in [1.29, 1.82) is 0 Å². The van der Waals surface area contributed by atoms with Crippen LogP contribution in [0.5, 0.6) is 5.75 Å². The molecule has 70 valence electrons. The van der Waals surface area contributed by atoms with Crippen molar-refractivity contribution in [3.05, 3.63) is 29.8 Å². The van der Waals surface area contributed by atoms with E-state index in [1.807, 2.05) is 0 Å². The second-order valence-corrected chi connectivity index (χ2v) is 2.21. The zero-order valence-corrected chi connectivity index (χ0v) is 6.41. The van der Waals surface area contributed by atoms with E-state index in [2.05, 4.69) is 4.74 Å². The van der Waals surface area contributed by atoms with Crippen LogP contribution in [-0.2, 0) is 0 Å². The number of carboxylic acids is 1. The summed E-state index contributed by atoms with van der Waals surface area (Å²) in [5, 5.41) is 8.50. The van der Waals surface area contributed by atoms with Crippen LogP contribution < -0.4 is 4.74 Å². The molecule has 0 radical (unpaired) electrons. The van der Waals surface area contributed by atoms with Crippen LogP contribution in [0.15, 0.2) is 24.3 Å². The molecule has 0 saturated carbocycles. The summed E-state index contributed by atoms with van der Waals surface area (Å²) in [7, 11) is 0. The third-order valence-corrected chi connectivity index (χ3v) is 1.31. The van der Waals surface area contributed by atoms with Gasteiger partial charge in [0.1, 0.15) is 5.75 Å². The summed E-state index contributed by atoms with van der Waals surface area (Å²) in [5.74, 6) is -1.34. The Morgan fingerprint density at radius 1 is 1.46 bits per heavy atom. The van der Waals surface area contributed by atoms with Gasteiger partial charge < -0.3 is 9.84 Å². The molecule has 0 aliphatic carbocycles. The predicted molar refractivity (Wildman–Crippen MR) is 40.0 cm³/mol. The quantitative estimate of drug-likeness (QED) is 0.788. The van der Waals surface area contributed by atoms with Gasteiger partial charge in [-0.3, -0.25) is 0 Å². The van der Waals surface area contributed by atoms with Crippen LogP contribution >= 0.6 is 0 Å². The molecule has 0 spiro atoms. The maximum atomic E-state index is 11.7. The molecule has 1 N–H and O–H groups in total. The Labute approximate surface area is 72.6 Å². The molecule has 1 aromatic carbocycles. The van der Waals surface area contributed by atoms with Crippen LogP contribution in [0.25, 0.3) is 0 Å². The predicted octanol–water partition coefficient (Wildman–Crippen LogP) is 1.99. The molecule has 1 aromatic rings. The first-order valence-corrected chi connectivity index (χ1v) is 3.38. The van der Waals surface area contributed by atoms with Gasteiger partial charge in [0.05, 0.1) is 5.56 Å². The SMILES string of the molecule is O=C(O)c1cccc(OC(F)F)c1. The summed E-state index contributed by atoms with van der Waals surface area (Å²) in [6.07, 6.45) is 0. The van der Waals surface area contributed by atoms with Crippen molar-refractivity contribution in [3.63, 3.8) is 0 Å². The van der Waals surface area contributed by atoms with Crippen molar-refractivity contribution in [3.8, 4) is 5.75 Å². The molecule has 1 rings (SSSR count). The van der Waals surface area contributed by atoms with Gasteiger partial charge >= 0.3 is 12.6 Å². The van der Waals surface area contributed by atoms with Crippen LogP contribution in [0.3, 0.4) is 0 Å². The molecule has 0 aromatic heterocycles. The highest BCUT2D eigenvalue weighted by Gasteiger charge is 2.07. The van der Waals surface area contributed by atoms with Crippen molar-refractivity contribution in [2.45, 2.75) is 6.61 Å². The molecule has 0 aliphatic rings. The number of carboxylic acid groups (broad SMARTS) is 1. The minimum Gasteiger partial charge on any atom is -0.478 e. The lowest BCUT2D eigenvalue weighted by molar-refractivity contribution is -0.0499. The highest BCUT2D eigenvalue weighted by atomic mass is 19.3. The van der Waals surface area contributed by atoms with Crippen LogP contribution in [0.1, 0.15) is 10.4 Å². The normalized spacial score (nSPS) is 10.1. The van der Waals surface area contributed by atoms with E-state index in [4.69, 9.17) is 5.11 Å². The zero-order chi connectivity index (χ0) is 9.84. The van der Waals surface area contributed by atoms with Crippen molar-refractivity contribution in [2.75, 3.05) is 0 Å². The Balaban J connectivity index is 2.85. The second kappa shape index (κ2) is 3.84. The minimum atomic E-state index is -2.94. The number of aromatic carboxylic acids is 1. The molecule has 0 saturated heterocycles. The first-order valence-electron chi connectivity index (χ1n) is 3.38. The van der Waals surface area contributed by atoms with Gasteiger partial charge in [0, 0.05) is 0 Å². The third kappa shape index (κ3) is 2.70. The van der Waals surface area contributed by atoms with Crippen LogP contribution in [0, 0.1) is 0 Å². The lowest BCUT2D eigenvalue weighted by atomic mass is 10.2. The van der Waals surface area contributed by atoms with E-state index in [1.165, 1.54) is 18.2 Å². The topological polar surface area (TPSA) is 46.5 Å². The standard InChI is InChI=1S/C8H6F2O3/c9-8(10)13-6-3-1-2-5(4-6)7(11)12/h1-4,8H,(H,11,12). The van der Waals surface area contributed by atoms with E-state index < -0.39 is 12.6 Å². The van der Waals surface area contributed by atoms with E-state index in [0.717, 1.165) is 6.07 Å². The summed E-state index contributed by atoms with van der Waals surface area (Å²) in [6.45, 7) is -2.94. The number of ether oxygens (including phenoxy) is 1. The van der Waals surface area contributed by atoms with E-state index in [9.17, 15) is 13.6 Å². The Morgan fingerprint density at radius 3 is 2.69 bits per heavy atom. The van der Waals surface area contributed by atoms with E-state index in [0.29, 0.717) is 0 Å². The summed E-state index contributed by atoms with van der Waals surface area (Å²) in [6, 6.07) is 4.93. The molecule has 0 bridgehead atoms. The first kappa shape index (κ1) is 9.44. The van der Waals surface area contributed by atoms with Crippen molar-refractivity contribution >= 4 is 5.97 Å². The van der Waals surface area contributed by atoms with E-state index >= 15 is 0 Å². The number of carbonyl (C=O) groups is 1. The van der Waals surface area contributed by atoms with E-state index in [1.54, 1.807) is 0 Å². The highest BCUT2D eigenvalue weighted by Crippen LogP contribution is 2.15. The van der Waals surface area contributed by atoms with Gasteiger partial charge in [-0.2, -0.15) is 8.78 Å². The highest BCUT2D eigenvalue weighted by molar-refractivity contribution is 5.87. The minimum absolute atomic E-state index is 0.0850. The number of benzene rings is 1. The van der Waals surface area contributed by atoms with Gasteiger partial charge in [0.15, 0.2) is 0 Å². The summed E-state index contributed by atoms with van der Waals surface area (Å²) >= 11 is 0. The Morgan fingerprint density at radius 2 is 2.15 bits per heavy atom. The zero-order valence-electron chi connectivity index (χ0n) is 6.41. The molecule has 0 aliphatic heterocycles. The molecular weight excluding hydrogens is 182 g/mol. The number of rotatable bonds is 3. The number of alkyl halides is 2. The lowest BCUT2D eigenvalue weighted by Gasteiger charge is -2.03. The van der Waals surface area contributed by atoms with Gasteiger partial charge in [-0.25, -0.2) is 4.79 Å². The Kier molecular flexibility index (Phi) is 2.79. The maximum Gasteiger partial charge on any atom is 0.387 e. The number of halogens is 2. The first-order chi connectivity index (χ1) is 6.09. The van der Waals surface area contributed by atoms with Gasteiger partial charge in [-0.15, -0.1) is 0 Å². The van der Waals surface area contributed by atoms with Gasteiger partial charge in [0.2, 0.25) is 0 Å². The fourth-order valence-electron chi connectivity index (χ4n) is 0.805. The molecule has 0 fully saturated rings. The lowest BCUT2D eigenvalue weighted by Crippen LogP contribution is -2.03. The van der Waals surface area contributed by atoms with Crippen LogP contribution in [0.2, 0.25) is 0 Å². The third-order valence-electron chi connectivity index (χ3n) is 1.31. The molecule has 0 unspecified atom stereocenters. The van der Waals surface area contributed by atoms with Crippen LogP contribution in [-0.4, -0.2) is 17.7 Å². The monoisotopic (exact) mass is 188 g/mol. The number of hydrogen-bond acceptors (Lipinski definition) is 2. The van der Waals surface area contributed by atoms with Gasteiger partial charge in [-0.05, 0) is 18.2 Å². The fourth-order valence-corrected chi connectivity index (χ4v) is 0.805. The van der Waals surface area contributed by atoms with Gasteiger partial charge in [0.25, 0.3) is 0 Å². The molecule has 13 heavy (non-hydrogen) atoms. The largest absolute Gasteiger partial charge is 0.478 e. The van der Waals surface area contributed by atoms with Crippen molar-refractivity contribution in [2.24, 2.45) is 0 Å².